The molecular formula is C14H19N3O4. The van der Waals surface area contributed by atoms with Gasteiger partial charge in [-0.3, -0.25) is 9.78 Å². The molecule has 2 heterocycles. The van der Waals surface area contributed by atoms with E-state index in [9.17, 15) is 9.59 Å². The van der Waals surface area contributed by atoms with Crippen LogP contribution in [0.3, 0.4) is 0 Å². The van der Waals surface area contributed by atoms with Crippen LogP contribution in [0.15, 0.2) is 18.3 Å². The van der Waals surface area contributed by atoms with Gasteiger partial charge < -0.3 is 20.1 Å². The van der Waals surface area contributed by atoms with Gasteiger partial charge in [-0.2, -0.15) is 0 Å². The Labute approximate surface area is 122 Å². The lowest BCUT2D eigenvalue weighted by molar-refractivity contribution is -0.136. The predicted molar refractivity (Wildman–Crippen MR) is 76.2 cm³/mol. The maximum Gasteiger partial charge on any atom is 0.322 e. The second-order valence-corrected chi connectivity index (χ2v) is 5.57. The Morgan fingerprint density at radius 1 is 1.48 bits per heavy atom. The van der Waals surface area contributed by atoms with E-state index in [1.807, 2.05) is 13.8 Å². The smallest absolute Gasteiger partial charge is 0.322 e. The molecule has 1 fully saturated rings. The average molecular weight is 293 g/mol. The number of amides is 2. The summed E-state index contributed by atoms with van der Waals surface area (Å²) in [5, 5.41) is 11.4. The van der Waals surface area contributed by atoms with Gasteiger partial charge in [0, 0.05) is 6.54 Å². The van der Waals surface area contributed by atoms with Crippen molar-refractivity contribution < 1.29 is 19.4 Å². The van der Waals surface area contributed by atoms with Crippen molar-refractivity contribution in [3.63, 3.8) is 0 Å². The van der Waals surface area contributed by atoms with Gasteiger partial charge in [-0.25, -0.2) is 4.79 Å². The van der Waals surface area contributed by atoms with E-state index in [1.54, 1.807) is 17.0 Å². The van der Waals surface area contributed by atoms with Crippen LogP contribution >= 0.6 is 0 Å². The van der Waals surface area contributed by atoms with Crippen molar-refractivity contribution in [1.29, 1.82) is 0 Å². The molecule has 0 spiro atoms. The number of nitrogens with one attached hydrogen (secondary N) is 1. The van der Waals surface area contributed by atoms with Gasteiger partial charge in [0.1, 0.15) is 0 Å². The third kappa shape index (κ3) is 4.42. The Bertz CT molecular complexity index is 528. The maximum absolute atomic E-state index is 12.2. The van der Waals surface area contributed by atoms with Gasteiger partial charge in [-0.15, -0.1) is 0 Å². The number of carboxylic acid groups (broad SMARTS) is 1. The van der Waals surface area contributed by atoms with Crippen LogP contribution in [-0.4, -0.2) is 52.3 Å². The number of carbonyl (C=O) groups excluding carboxylic acids is 1. The van der Waals surface area contributed by atoms with Crippen LogP contribution in [0, 0.1) is 0 Å². The number of aliphatic carboxylic acids is 1. The van der Waals surface area contributed by atoms with E-state index in [4.69, 9.17) is 9.84 Å². The van der Waals surface area contributed by atoms with Gasteiger partial charge in [-0.05, 0) is 26.0 Å². The molecule has 0 unspecified atom stereocenters. The minimum absolute atomic E-state index is 0.133. The lowest BCUT2D eigenvalue weighted by Crippen LogP contribution is -2.51. The van der Waals surface area contributed by atoms with Gasteiger partial charge in [-0.1, -0.05) is 0 Å². The Morgan fingerprint density at radius 3 is 2.81 bits per heavy atom. The summed E-state index contributed by atoms with van der Waals surface area (Å²) in [6.45, 7) is 5.45. The van der Waals surface area contributed by atoms with E-state index in [-0.39, 0.29) is 18.1 Å². The number of aromatic nitrogens is 1. The molecule has 2 amide bonds. The number of morpholine rings is 1. The number of hydrogen-bond acceptors (Lipinski definition) is 4. The van der Waals surface area contributed by atoms with Crippen molar-refractivity contribution in [1.82, 2.24) is 9.88 Å². The molecule has 2 N–H and O–H groups in total. The molecule has 7 nitrogen and oxygen atoms in total. The van der Waals surface area contributed by atoms with E-state index in [2.05, 4.69) is 10.3 Å². The molecule has 1 saturated heterocycles. The SMILES string of the molecule is CC1(C)CN(C(=O)Nc2ccc(CC(=O)O)nc2)CCO1. The lowest BCUT2D eigenvalue weighted by Gasteiger charge is -2.38. The van der Waals surface area contributed by atoms with Crippen molar-refractivity contribution in [2.75, 3.05) is 25.0 Å². The van der Waals surface area contributed by atoms with Crippen molar-refractivity contribution >= 4 is 17.7 Å². The molecule has 1 aromatic rings. The largest absolute Gasteiger partial charge is 0.481 e. The van der Waals surface area contributed by atoms with Gasteiger partial charge in [0.05, 0.1) is 42.8 Å². The second-order valence-electron chi connectivity index (χ2n) is 5.57. The number of urea groups is 1. The number of anilines is 1. The fourth-order valence-corrected chi connectivity index (χ4v) is 2.15. The second kappa shape index (κ2) is 6.09. The Hall–Kier alpha value is -2.15. The number of ether oxygens (including phenoxy) is 1. The van der Waals surface area contributed by atoms with Crippen molar-refractivity contribution in [3.05, 3.63) is 24.0 Å². The highest BCUT2D eigenvalue weighted by Gasteiger charge is 2.29. The summed E-state index contributed by atoms with van der Waals surface area (Å²) in [5.41, 5.74) is 0.644. The summed E-state index contributed by atoms with van der Waals surface area (Å²) in [7, 11) is 0. The summed E-state index contributed by atoms with van der Waals surface area (Å²) in [6.07, 6.45) is 1.33. The minimum atomic E-state index is -0.935. The van der Waals surface area contributed by atoms with Crippen molar-refractivity contribution in [2.24, 2.45) is 0 Å². The number of rotatable bonds is 3. The molecule has 2 rings (SSSR count). The van der Waals surface area contributed by atoms with E-state index >= 15 is 0 Å². The van der Waals surface area contributed by atoms with Crippen LogP contribution in [0.2, 0.25) is 0 Å². The quantitative estimate of drug-likeness (QED) is 0.877. The summed E-state index contributed by atoms with van der Waals surface area (Å²) < 4.78 is 5.56. The first-order valence-corrected chi connectivity index (χ1v) is 6.72. The van der Waals surface area contributed by atoms with Gasteiger partial charge in [0.25, 0.3) is 0 Å². The molecule has 0 bridgehead atoms. The summed E-state index contributed by atoms with van der Waals surface area (Å²) in [5.74, 6) is -0.935. The number of nitrogens with zero attached hydrogens (tertiary/aromatic N) is 2. The van der Waals surface area contributed by atoms with Gasteiger partial charge >= 0.3 is 12.0 Å². The van der Waals surface area contributed by atoms with E-state index in [0.717, 1.165) is 0 Å². The fourth-order valence-electron chi connectivity index (χ4n) is 2.15. The summed E-state index contributed by atoms with van der Waals surface area (Å²) >= 11 is 0. The molecule has 114 valence electrons. The lowest BCUT2D eigenvalue weighted by atomic mass is 10.1. The normalized spacial score (nSPS) is 17.3. The van der Waals surface area contributed by atoms with Gasteiger partial charge in [0.15, 0.2) is 0 Å². The van der Waals surface area contributed by atoms with Crippen LogP contribution in [0.4, 0.5) is 10.5 Å². The first kappa shape index (κ1) is 15.2. The Morgan fingerprint density at radius 2 is 2.24 bits per heavy atom. The first-order valence-electron chi connectivity index (χ1n) is 6.72. The molecule has 21 heavy (non-hydrogen) atoms. The number of carboxylic acids is 1. The molecular weight excluding hydrogens is 274 g/mol. The van der Waals surface area contributed by atoms with Crippen molar-refractivity contribution in [3.8, 4) is 0 Å². The molecule has 1 aromatic heterocycles. The molecule has 0 radical (unpaired) electrons. The zero-order valence-corrected chi connectivity index (χ0v) is 12.1. The van der Waals surface area contributed by atoms with E-state index < -0.39 is 5.97 Å². The number of carbonyl (C=O) groups is 2. The highest BCUT2D eigenvalue weighted by Crippen LogP contribution is 2.17. The molecule has 1 aliphatic rings. The minimum Gasteiger partial charge on any atom is -0.481 e. The van der Waals surface area contributed by atoms with E-state index in [1.165, 1.54) is 6.20 Å². The molecule has 7 heteroatoms. The number of hydrogen-bond donors (Lipinski definition) is 2. The fraction of sp³-hybridized carbons (Fsp3) is 0.500. The van der Waals surface area contributed by atoms with Crippen LogP contribution in [0.1, 0.15) is 19.5 Å². The third-order valence-electron chi connectivity index (χ3n) is 3.12. The molecule has 1 aliphatic heterocycles. The van der Waals surface area contributed by atoms with Crippen LogP contribution in [0.25, 0.3) is 0 Å². The first-order chi connectivity index (χ1) is 9.85. The molecule has 0 aliphatic carbocycles. The third-order valence-corrected chi connectivity index (χ3v) is 3.12. The topological polar surface area (TPSA) is 91.8 Å². The maximum atomic E-state index is 12.2. The zero-order valence-electron chi connectivity index (χ0n) is 12.1. The van der Waals surface area contributed by atoms with Crippen LogP contribution in [-0.2, 0) is 16.0 Å². The van der Waals surface area contributed by atoms with Crippen LogP contribution in [0.5, 0.6) is 0 Å². The summed E-state index contributed by atoms with van der Waals surface area (Å²) in [4.78, 5) is 28.4. The highest BCUT2D eigenvalue weighted by atomic mass is 16.5. The van der Waals surface area contributed by atoms with Crippen molar-refractivity contribution in [2.45, 2.75) is 25.9 Å². The molecule has 0 atom stereocenters. The Balaban J connectivity index is 1.94. The highest BCUT2D eigenvalue weighted by molar-refractivity contribution is 5.89. The number of pyridine rings is 1. The monoisotopic (exact) mass is 293 g/mol. The van der Waals surface area contributed by atoms with Gasteiger partial charge in [0.2, 0.25) is 0 Å². The zero-order chi connectivity index (χ0) is 15.5. The molecule has 0 saturated carbocycles. The predicted octanol–water partition coefficient (Wildman–Crippen LogP) is 1.35. The van der Waals surface area contributed by atoms with E-state index in [0.29, 0.717) is 31.1 Å². The molecule has 0 aromatic carbocycles. The average Bonchev–Trinajstić information content (AvgIpc) is 2.39. The standard InChI is InChI=1S/C14H19N3O4/c1-14(2)9-17(5-6-21-14)13(20)16-11-4-3-10(15-8-11)7-12(18)19/h3-4,8H,5-7,9H2,1-2H3,(H,16,20)(H,18,19). The Kier molecular flexibility index (Phi) is 4.42. The van der Waals surface area contributed by atoms with Crippen LogP contribution < -0.4 is 5.32 Å². The summed E-state index contributed by atoms with van der Waals surface area (Å²) in [6, 6.07) is 3.03.